The number of benzene rings is 2. The first-order valence-electron chi connectivity index (χ1n) is 8.14. The second kappa shape index (κ2) is 10.0. The Morgan fingerprint density at radius 3 is 2.46 bits per heavy atom. The minimum Gasteiger partial charge on any atom is -0.494 e. The lowest BCUT2D eigenvalue weighted by Crippen LogP contribution is -2.21. The van der Waals surface area contributed by atoms with E-state index in [2.05, 4.69) is 12.2 Å². The van der Waals surface area contributed by atoms with Crippen molar-refractivity contribution in [3.8, 4) is 5.75 Å². The van der Waals surface area contributed by atoms with Crippen molar-refractivity contribution < 1.29 is 19.1 Å². The molecule has 1 N–H and O–H groups in total. The van der Waals surface area contributed by atoms with Crippen molar-refractivity contribution in [3.05, 3.63) is 58.1 Å². The van der Waals surface area contributed by atoms with E-state index < -0.39 is 18.5 Å². The molecule has 2 rings (SSSR count). The predicted molar refractivity (Wildman–Crippen MR) is 102 cm³/mol. The summed E-state index contributed by atoms with van der Waals surface area (Å²) in [4.78, 5) is 23.9. The number of carbonyl (C=O) groups is 2. The second-order valence-electron chi connectivity index (χ2n) is 5.47. The summed E-state index contributed by atoms with van der Waals surface area (Å²) >= 11 is 11.8. The van der Waals surface area contributed by atoms with Crippen LogP contribution >= 0.6 is 23.2 Å². The van der Waals surface area contributed by atoms with Gasteiger partial charge in [0.2, 0.25) is 0 Å². The predicted octanol–water partition coefficient (Wildman–Crippen LogP) is 4.97. The molecule has 2 aromatic rings. The maximum atomic E-state index is 12.0. The molecular weight excluding hydrogens is 377 g/mol. The lowest BCUT2D eigenvalue weighted by Gasteiger charge is -2.09. The molecule has 2 aromatic carbocycles. The van der Waals surface area contributed by atoms with Gasteiger partial charge in [0.05, 0.1) is 22.9 Å². The standard InChI is InChI=1S/C19H19Cl2NO4/c1-2-3-10-25-15-7-4-13(5-8-15)19(24)26-12-18(23)22-17-9-6-14(20)11-16(17)21/h4-9,11H,2-3,10,12H2,1H3,(H,22,23). The summed E-state index contributed by atoms with van der Waals surface area (Å²) < 4.78 is 10.5. The van der Waals surface area contributed by atoms with Crippen molar-refractivity contribution in [1.82, 2.24) is 0 Å². The topological polar surface area (TPSA) is 64.6 Å². The van der Waals surface area contributed by atoms with Crippen LogP contribution in [0.25, 0.3) is 0 Å². The molecule has 0 saturated carbocycles. The molecule has 0 aliphatic rings. The number of esters is 1. The summed E-state index contributed by atoms with van der Waals surface area (Å²) in [5.41, 5.74) is 0.732. The number of nitrogens with one attached hydrogen (secondary N) is 1. The molecular formula is C19H19Cl2NO4. The molecule has 0 atom stereocenters. The Hall–Kier alpha value is -2.24. The Bertz CT molecular complexity index is 763. The Kier molecular flexibility index (Phi) is 7.75. The fourth-order valence-corrected chi connectivity index (χ4v) is 2.47. The largest absolute Gasteiger partial charge is 0.494 e. The molecule has 0 bridgehead atoms. The number of ether oxygens (including phenoxy) is 2. The molecule has 138 valence electrons. The van der Waals surface area contributed by atoms with E-state index in [-0.39, 0.29) is 0 Å². The van der Waals surface area contributed by atoms with Crippen LogP contribution in [0.1, 0.15) is 30.1 Å². The van der Waals surface area contributed by atoms with Gasteiger partial charge in [0.25, 0.3) is 5.91 Å². The molecule has 0 heterocycles. The van der Waals surface area contributed by atoms with E-state index in [0.29, 0.717) is 33.7 Å². The molecule has 1 amide bonds. The van der Waals surface area contributed by atoms with E-state index in [0.717, 1.165) is 12.8 Å². The number of anilines is 1. The van der Waals surface area contributed by atoms with E-state index in [9.17, 15) is 9.59 Å². The second-order valence-corrected chi connectivity index (χ2v) is 6.32. The van der Waals surface area contributed by atoms with Gasteiger partial charge in [0.15, 0.2) is 6.61 Å². The maximum absolute atomic E-state index is 12.0. The summed E-state index contributed by atoms with van der Waals surface area (Å²) in [5, 5.41) is 3.32. The van der Waals surface area contributed by atoms with Crippen molar-refractivity contribution in [2.45, 2.75) is 19.8 Å². The lowest BCUT2D eigenvalue weighted by molar-refractivity contribution is -0.119. The van der Waals surface area contributed by atoms with Crippen LogP contribution in [0.4, 0.5) is 5.69 Å². The highest BCUT2D eigenvalue weighted by molar-refractivity contribution is 6.36. The van der Waals surface area contributed by atoms with Gasteiger partial charge in [0.1, 0.15) is 5.75 Å². The summed E-state index contributed by atoms with van der Waals surface area (Å²) in [6.07, 6.45) is 2.02. The Morgan fingerprint density at radius 2 is 1.81 bits per heavy atom. The number of amides is 1. The first-order valence-corrected chi connectivity index (χ1v) is 8.90. The van der Waals surface area contributed by atoms with Crippen LogP contribution in [0, 0.1) is 0 Å². The van der Waals surface area contributed by atoms with Gasteiger partial charge in [-0.15, -0.1) is 0 Å². The molecule has 0 aromatic heterocycles. The Balaban J connectivity index is 1.82. The summed E-state index contributed by atoms with van der Waals surface area (Å²) in [6.45, 7) is 2.29. The molecule has 0 aliphatic heterocycles. The third-order valence-corrected chi connectivity index (χ3v) is 3.94. The zero-order valence-electron chi connectivity index (χ0n) is 14.3. The minimum absolute atomic E-state index is 0.302. The summed E-state index contributed by atoms with van der Waals surface area (Å²) in [7, 11) is 0. The highest BCUT2D eigenvalue weighted by Crippen LogP contribution is 2.25. The molecule has 0 aliphatic carbocycles. The summed E-state index contributed by atoms with van der Waals surface area (Å²) in [5.74, 6) is -0.408. The minimum atomic E-state index is -0.595. The van der Waals surface area contributed by atoms with Crippen molar-refractivity contribution in [3.63, 3.8) is 0 Å². The molecule has 0 unspecified atom stereocenters. The maximum Gasteiger partial charge on any atom is 0.338 e. The first kappa shape index (κ1) is 20.1. The van der Waals surface area contributed by atoms with Crippen LogP contribution in [0.2, 0.25) is 10.0 Å². The quantitative estimate of drug-likeness (QED) is 0.506. The van der Waals surface area contributed by atoms with Crippen LogP contribution in [0.5, 0.6) is 5.75 Å². The zero-order valence-corrected chi connectivity index (χ0v) is 15.8. The van der Waals surface area contributed by atoms with E-state index in [4.69, 9.17) is 32.7 Å². The number of carbonyl (C=O) groups excluding carboxylic acids is 2. The average Bonchev–Trinajstić information content (AvgIpc) is 2.63. The number of hydrogen-bond acceptors (Lipinski definition) is 4. The molecule has 0 spiro atoms. The van der Waals surface area contributed by atoms with Gasteiger partial charge in [-0.2, -0.15) is 0 Å². The summed E-state index contributed by atoms with van der Waals surface area (Å²) in [6, 6.07) is 11.3. The van der Waals surface area contributed by atoms with Crippen LogP contribution in [0.3, 0.4) is 0 Å². The third kappa shape index (κ3) is 6.24. The van der Waals surface area contributed by atoms with Crippen LogP contribution in [0.15, 0.2) is 42.5 Å². The zero-order chi connectivity index (χ0) is 18.9. The van der Waals surface area contributed by atoms with E-state index >= 15 is 0 Å². The highest BCUT2D eigenvalue weighted by atomic mass is 35.5. The Labute approximate surface area is 162 Å². The van der Waals surface area contributed by atoms with Gasteiger partial charge < -0.3 is 14.8 Å². The van der Waals surface area contributed by atoms with Crippen LogP contribution < -0.4 is 10.1 Å². The van der Waals surface area contributed by atoms with Crippen molar-refractivity contribution >= 4 is 40.8 Å². The van der Waals surface area contributed by atoms with Gasteiger partial charge in [0, 0.05) is 5.02 Å². The monoisotopic (exact) mass is 395 g/mol. The number of halogens is 2. The van der Waals surface area contributed by atoms with E-state index in [1.165, 1.54) is 6.07 Å². The van der Waals surface area contributed by atoms with Gasteiger partial charge in [-0.1, -0.05) is 36.5 Å². The van der Waals surface area contributed by atoms with E-state index in [1.807, 2.05) is 0 Å². The lowest BCUT2D eigenvalue weighted by atomic mass is 10.2. The molecule has 0 fully saturated rings. The van der Waals surface area contributed by atoms with Gasteiger partial charge in [-0.25, -0.2) is 4.79 Å². The highest BCUT2D eigenvalue weighted by Gasteiger charge is 2.12. The number of unbranched alkanes of at least 4 members (excludes halogenated alkanes) is 1. The van der Waals surface area contributed by atoms with Crippen molar-refractivity contribution in [2.24, 2.45) is 0 Å². The number of rotatable bonds is 8. The normalized spacial score (nSPS) is 10.3. The third-order valence-electron chi connectivity index (χ3n) is 3.40. The molecule has 0 saturated heterocycles. The van der Waals surface area contributed by atoms with Gasteiger partial charge in [-0.3, -0.25) is 4.79 Å². The van der Waals surface area contributed by atoms with Gasteiger partial charge >= 0.3 is 5.97 Å². The SMILES string of the molecule is CCCCOc1ccc(C(=O)OCC(=O)Nc2ccc(Cl)cc2Cl)cc1. The fraction of sp³-hybridized carbons (Fsp3) is 0.263. The van der Waals surface area contributed by atoms with Crippen LogP contribution in [-0.4, -0.2) is 25.1 Å². The van der Waals surface area contributed by atoms with Crippen molar-refractivity contribution in [2.75, 3.05) is 18.5 Å². The van der Waals surface area contributed by atoms with Gasteiger partial charge in [-0.05, 0) is 48.9 Å². The fourth-order valence-electron chi connectivity index (χ4n) is 2.01. The molecule has 0 radical (unpaired) electrons. The molecule has 5 nitrogen and oxygen atoms in total. The first-order chi connectivity index (χ1) is 12.5. The van der Waals surface area contributed by atoms with E-state index in [1.54, 1.807) is 36.4 Å². The Morgan fingerprint density at radius 1 is 1.08 bits per heavy atom. The van der Waals surface area contributed by atoms with Crippen molar-refractivity contribution in [1.29, 1.82) is 0 Å². The molecule has 7 heteroatoms. The molecule has 26 heavy (non-hydrogen) atoms. The average molecular weight is 396 g/mol. The van der Waals surface area contributed by atoms with Crippen LogP contribution in [-0.2, 0) is 9.53 Å². The number of hydrogen-bond donors (Lipinski definition) is 1. The smallest absolute Gasteiger partial charge is 0.338 e.